The molecule has 2 atom stereocenters. The Bertz CT molecular complexity index is 3430. The van der Waals surface area contributed by atoms with E-state index in [1.54, 1.807) is 46.7 Å². The van der Waals surface area contributed by atoms with E-state index in [2.05, 4.69) is 20.4 Å². The summed E-state index contributed by atoms with van der Waals surface area (Å²) in [5.41, 5.74) is -2.72. The minimum Gasteiger partial charge on any atom is -0.379 e. The zero-order chi connectivity index (χ0) is 61.8. The second-order valence-corrected chi connectivity index (χ2v) is 25.1. The summed E-state index contributed by atoms with van der Waals surface area (Å²) in [5.74, 6) is -5.52. The number of aromatic nitrogens is 6. The number of anilines is 2. The van der Waals surface area contributed by atoms with E-state index in [4.69, 9.17) is 18.9 Å². The first-order chi connectivity index (χ1) is 41.8. The van der Waals surface area contributed by atoms with Crippen LogP contribution >= 0.6 is 0 Å². The van der Waals surface area contributed by atoms with Crippen LogP contribution in [0, 0.1) is 0 Å². The minimum absolute atomic E-state index is 0.00484. The molecular weight excluding hydrogens is 1170 g/mol. The van der Waals surface area contributed by atoms with E-state index in [1.807, 2.05) is 47.5 Å². The van der Waals surface area contributed by atoms with Crippen LogP contribution in [0.5, 0.6) is 0 Å². The van der Waals surface area contributed by atoms with Gasteiger partial charge in [-0.05, 0) is 108 Å². The molecule has 6 fully saturated rings. The number of halogens is 10. The Hall–Kier alpha value is -6.84. The summed E-state index contributed by atoms with van der Waals surface area (Å²) in [6.45, 7) is 1.65. The van der Waals surface area contributed by atoms with Crippen LogP contribution in [-0.4, -0.2) is 140 Å². The molecule has 6 aromatic rings. The number of ether oxygens (including phenoxy) is 4. The molecular formula is C62H64F10N10O6. The maximum Gasteiger partial charge on any atom is 0.416 e. The molecule has 6 saturated heterocycles. The molecule has 1 unspecified atom stereocenters. The second-order valence-electron chi connectivity index (χ2n) is 25.1. The van der Waals surface area contributed by atoms with Crippen LogP contribution < -0.4 is 9.80 Å². The number of piperidine rings is 2. The molecule has 0 radical (unpaired) electrons. The second kappa shape index (κ2) is 22.0. The summed E-state index contributed by atoms with van der Waals surface area (Å²) in [5, 5.41) is 16.3. The number of rotatable bonds is 12. The van der Waals surface area contributed by atoms with Crippen molar-refractivity contribution in [1.29, 1.82) is 0 Å². The van der Waals surface area contributed by atoms with E-state index >= 15 is 0 Å². The van der Waals surface area contributed by atoms with Gasteiger partial charge in [-0.25, -0.2) is 17.6 Å². The summed E-state index contributed by atoms with van der Waals surface area (Å²) in [4.78, 5) is 33.6. The highest BCUT2D eigenvalue weighted by atomic mass is 19.4. The summed E-state index contributed by atoms with van der Waals surface area (Å²) in [7, 11) is 3.71. The van der Waals surface area contributed by atoms with Crippen molar-refractivity contribution >= 4 is 23.2 Å². The van der Waals surface area contributed by atoms with Crippen LogP contribution in [0.1, 0.15) is 115 Å². The molecule has 0 saturated carbocycles. The number of nitrogens with zero attached hydrogens (tertiary/aromatic N) is 10. The lowest BCUT2D eigenvalue weighted by molar-refractivity contribution is -0.220. The molecule has 2 amide bonds. The lowest BCUT2D eigenvalue weighted by Crippen LogP contribution is -2.60. The molecule has 14 rings (SSSR count). The van der Waals surface area contributed by atoms with Crippen LogP contribution in [0.25, 0.3) is 0 Å². The number of hydrogen-bond donors (Lipinski definition) is 0. The molecule has 4 aromatic carbocycles. The number of carbonyl (C=O) groups excluding carboxylic acids is 2. The predicted molar refractivity (Wildman–Crippen MR) is 297 cm³/mol. The Labute approximate surface area is 499 Å². The van der Waals surface area contributed by atoms with Crippen molar-refractivity contribution < 1.29 is 72.4 Å². The molecule has 0 N–H and O–H groups in total. The van der Waals surface area contributed by atoms with Crippen molar-refractivity contribution in [2.45, 2.75) is 124 Å². The quantitative estimate of drug-likeness (QED) is 0.108. The third-order valence-electron chi connectivity index (χ3n) is 19.3. The third kappa shape index (κ3) is 10.6. The highest BCUT2D eigenvalue weighted by molar-refractivity contribution is 6.11. The average Bonchev–Trinajstić information content (AvgIpc) is 1.75. The van der Waals surface area contributed by atoms with Gasteiger partial charge in [0.05, 0.1) is 50.6 Å². The number of alkyl halides is 10. The first-order valence-corrected chi connectivity index (χ1v) is 29.4. The molecule has 2 aromatic heterocycles. The SMILES string of the molecule is Cn1cnnc1CC1(c2cccc(N3Cc4c(cc(CN5CCC(F)(F)C6(CCCO6)C5)cc4C(F)(F)F)C3=O)c2)COC1.Cn1cnnc1CC1(c2cccc(N3Cc4c(cc(CN5CCC(F)(F)[C@]6(CCCO6)C5)cc4C(F)(F)F)C3=O)c2)COC1. The fourth-order valence-electron chi connectivity index (χ4n) is 14.2. The lowest BCUT2D eigenvalue weighted by atomic mass is 9.75. The fraction of sp³-hybridized carbons (Fsp3) is 0.516. The van der Waals surface area contributed by atoms with Crippen molar-refractivity contribution in [3.63, 3.8) is 0 Å². The first-order valence-electron chi connectivity index (χ1n) is 29.4. The van der Waals surface area contributed by atoms with Crippen molar-refractivity contribution in [3.05, 3.63) is 153 Å². The normalized spacial score (nSPS) is 24.6. The molecule has 16 nitrogen and oxygen atoms in total. The van der Waals surface area contributed by atoms with Crippen LogP contribution in [-0.2, 0) is 95.2 Å². The average molecular weight is 1240 g/mol. The van der Waals surface area contributed by atoms with Crippen LogP contribution in [0.4, 0.5) is 55.3 Å². The summed E-state index contributed by atoms with van der Waals surface area (Å²) >= 11 is 0. The van der Waals surface area contributed by atoms with Crippen LogP contribution in [0.3, 0.4) is 0 Å². The van der Waals surface area contributed by atoms with Gasteiger partial charge < -0.3 is 37.9 Å². The minimum atomic E-state index is -4.70. The number of aryl methyl sites for hydroxylation is 2. The largest absolute Gasteiger partial charge is 0.416 e. The van der Waals surface area contributed by atoms with E-state index < -0.39 is 82.0 Å². The number of hydrogen-bond acceptors (Lipinski definition) is 12. The number of likely N-dealkylation sites (tertiary alicyclic amines) is 2. The molecule has 0 aliphatic carbocycles. The van der Waals surface area contributed by atoms with Crippen molar-refractivity contribution in [2.75, 3.05) is 75.6 Å². The van der Waals surface area contributed by atoms with Crippen molar-refractivity contribution in [2.24, 2.45) is 14.1 Å². The fourth-order valence-corrected chi connectivity index (χ4v) is 14.2. The number of amides is 2. The summed E-state index contributed by atoms with van der Waals surface area (Å²) < 4.78 is 171. The summed E-state index contributed by atoms with van der Waals surface area (Å²) in [6.07, 6.45) is -4.50. The standard InChI is InChI=1S/2C31H32F5N5O3/c2*1-39-19-37-38-26(39)13-28(17-43-18-28)21-4-2-5-22(12-21)41-15-24-23(27(41)42)10-20(11-25(24)31(34,35)36)14-40-8-7-30(32,33)29(16-40)6-3-9-44-29/h2*2,4-5,10-12,19H,3,6-9,13-18H2,1H3/t29-;/m0./s1. The van der Waals surface area contributed by atoms with Gasteiger partial charge in [-0.15, -0.1) is 20.4 Å². The Kier molecular flexibility index (Phi) is 15.0. The van der Waals surface area contributed by atoms with Gasteiger partial charge in [-0.2, -0.15) is 26.3 Å². The monoisotopic (exact) mass is 1230 g/mol. The van der Waals surface area contributed by atoms with Gasteiger partial charge in [0.15, 0.2) is 0 Å². The van der Waals surface area contributed by atoms with Gasteiger partial charge >= 0.3 is 12.4 Å². The molecule has 26 heteroatoms. The van der Waals surface area contributed by atoms with Gasteiger partial charge in [-0.3, -0.25) is 19.4 Å². The molecule has 468 valence electrons. The van der Waals surface area contributed by atoms with Gasteiger partial charge in [0, 0.05) is 126 Å². The maximum absolute atomic E-state index is 14.8. The van der Waals surface area contributed by atoms with Crippen molar-refractivity contribution in [3.8, 4) is 0 Å². The van der Waals surface area contributed by atoms with Crippen LogP contribution in [0.15, 0.2) is 85.5 Å². The zero-order valence-electron chi connectivity index (χ0n) is 48.3. The predicted octanol–water partition coefficient (Wildman–Crippen LogP) is 9.79. The van der Waals surface area contributed by atoms with E-state index in [1.165, 1.54) is 21.9 Å². The number of fused-ring (bicyclic) bond motifs is 2. The highest BCUT2D eigenvalue weighted by Crippen LogP contribution is 2.49. The van der Waals surface area contributed by atoms with E-state index in [9.17, 15) is 53.5 Å². The summed E-state index contributed by atoms with van der Waals surface area (Å²) in [6, 6.07) is 19.6. The molecule has 8 aliphatic heterocycles. The third-order valence-corrected chi connectivity index (χ3v) is 19.3. The number of carbonyl (C=O) groups is 2. The van der Waals surface area contributed by atoms with Gasteiger partial charge in [0.2, 0.25) is 0 Å². The first kappa shape index (κ1) is 60.1. The van der Waals surface area contributed by atoms with Gasteiger partial charge in [0.1, 0.15) is 35.5 Å². The van der Waals surface area contributed by atoms with Crippen LogP contribution in [0.2, 0.25) is 0 Å². The van der Waals surface area contributed by atoms with Gasteiger partial charge in [-0.1, -0.05) is 24.3 Å². The molecule has 2 spiro atoms. The van der Waals surface area contributed by atoms with E-state index in [0.29, 0.717) is 63.5 Å². The maximum atomic E-state index is 14.8. The van der Waals surface area contributed by atoms with Gasteiger partial charge in [0.25, 0.3) is 23.7 Å². The topological polar surface area (TPSA) is 145 Å². The zero-order valence-corrected chi connectivity index (χ0v) is 48.3. The lowest BCUT2D eigenvalue weighted by Gasteiger charge is -2.45. The smallest absolute Gasteiger partial charge is 0.379 e. The Morgan fingerprint density at radius 3 is 1.28 bits per heavy atom. The highest BCUT2D eigenvalue weighted by Gasteiger charge is 2.61. The Morgan fingerprint density at radius 1 is 0.545 bits per heavy atom. The molecule has 88 heavy (non-hydrogen) atoms. The number of benzene rings is 4. The molecule has 10 heterocycles. The molecule has 8 aliphatic rings. The Morgan fingerprint density at radius 2 is 0.955 bits per heavy atom. The van der Waals surface area contributed by atoms with E-state index in [0.717, 1.165) is 34.9 Å². The van der Waals surface area contributed by atoms with Crippen molar-refractivity contribution in [1.82, 2.24) is 39.3 Å². The Balaban J connectivity index is 0.000000162. The molecule has 0 bridgehead atoms. The van der Waals surface area contributed by atoms with E-state index in [-0.39, 0.29) is 112 Å².